The Kier molecular flexibility index (Phi) is 3.79. The molecular formula is C7H9F3O2. The second kappa shape index (κ2) is 4.13. The maximum atomic E-state index is 11.9. The highest BCUT2D eigenvalue weighted by molar-refractivity contribution is 5.70. The highest BCUT2D eigenvalue weighted by Gasteiger charge is 2.44. The van der Waals surface area contributed by atoms with Crippen molar-refractivity contribution < 1.29 is 23.1 Å². The third kappa shape index (κ3) is 3.41. The van der Waals surface area contributed by atoms with Crippen molar-refractivity contribution in [3.05, 3.63) is 12.7 Å². The Labute approximate surface area is 67.7 Å². The van der Waals surface area contributed by atoms with Crippen LogP contribution in [0.2, 0.25) is 0 Å². The van der Waals surface area contributed by atoms with Gasteiger partial charge in [0.2, 0.25) is 0 Å². The van der Waals surface area contributed by atoms with Gasteiger partial charge in [-0.2, -0.15) is 13.2 Å². The monoisotopic (exact) mass is 182 g/mol. The predicted octanol–water partition coefficient (Wildman–Crippen LogP) is 2.22. The molecule has 0 aromatic rings. The Balaban J connectivity index is 4.24. The summed E-state index contributed by atoms with van der Waals surface area (Å²) in [5, 5.41) is 8.18. The van der Waals surface area contributed by atoms with Crippen molar-refractivity contribution in [2.75, 3.05) is 0 Å². The minimum Gasteiger partial charge on any atom is -0.481 e. The Bertz CT molecular complexity index is 174. The van der Waals surface area contributed by atoms with E-state index in [1.807, 2.05) is 0 Å². The molecule has 0 aliphatic rings. The molecule has 0 bridgehead atoms. The van der Waals surface area contributed by atoms with E-state index in [1.54, 1.807) is 0 Å². The smallest absolute Gasteiger partial charge is 0.402 e. The minimum absolute atomic E-state index is 0.0521. The molecule has 0 rings (SSSR count). The zero-order valence-corrected chi connectivity index (χ0v) is 6.27. The summed E-state index contributed by atoms with van der Waals surface area (Å²) in [6.07, 6.45) is -3.78. The first-order valence-corrected chi connectivity index (χ1v) is 3.30. The topological polar surface area (TPSA) is 37.3 Å². The van der Waals surface area contributed by atoms with E-state index >= 15 is 0 Å². The van der Waals surface area contributed by atoms with Crippen LogP contribution in [0.5, 0.6) is 0 Å². The summed E-state index contributed by atoms with van der Waals surface area (Å²) >= 11 is 0. The van der Waals surface area contributed by atoms with E-state index in [-0.39, 0.29) is 6.42 Å². The molecule has 0 fully saturated rings. The summed E-state index contributed by atoms with van der Waals surface area (Å²) in [6.45, 7) is 3.21. The van der Waals surface area contributed by atoms with Gasteiger partial charge in [-0.05, 0) is 12.8 Å². The number of alkyl halides is 3. The van der Waals surface area contributed by atoms with Gasteiger partial charge in [0.1, 0.15) is 0 Å². The lowest BCUT2D eigenvalue weighted by atomic mass is 10.0. The van der Waals surface area contributed by atoms with Crippen LogP contribution in [0.4, 0.5) is 13.2 Å². The molecule has 70 valence electrons. The molecule has 0 radical (unpaired) electrons. The van der Waals surface area contributed by atoms with Crippen LogP contribution < -0.4 is 0 Å². The Morgan fingerprint density at radius 1 is 1.58 bits per heavy atom. The molecular weight excluding hydrogens is 173 g/mol. The third-order valence-electron chi connectivity index (χ3n) is 1.35. The van der Waals surface area contributed by atoms with E-state index < -0.39 is 24.5 Å². The molecule has 0 aliphatic carbocycles. The number of rotatable bonds is 4. The van der Waals surface area contributed by atoms with Crippen LogP contribution >= 0.6 is 0 Å². The van der Waals surface area contributed by atoms with Crippen LogP contribution in [0.1, 0.15) is 12.8 Å². The Morgan fingerprint density at radius 2 is 2.08 bits per heavy atom. The van der Waals surface area contributed by atoms with Crippen LogP contribution in [0.25, 0.3) is 0 Å². The molecule has 2 nitrogen and oxygen atoms in total. The number of carbonyl (C=O) groups is 1. The fourth-order valence-corrected chi connectivity index (χ4v) is 0.712. The average Bonchev–Trinajstić information content (AvgIpc) is 1.84. The van der Waals surface area contributed by atoms with E-state index in [1.165, 1.54) is 6.08 Å². The zero-order valence-electron chi connectivity index (χ0n) is 6.27. The minimum atomic E-state index is -4.66. The van der Waals surface area contributed by atoms with E-state index in [2.05, 4.69) is 6.58 Å². The number of allylic oxidation sites excluding steroid dienone is 1. The number of carboxylic acid groups (broad SMARTS) is 1. The van der Waals surface area contributed by atoms with Crippen LogP contribution in [-0.2, 0) is 4.79 Å². The molecule has 1 unspecified atom stereocenters. The standard InChI is InChI=1S/C7H9F3O2/c1-2-3-4-5(6(11)12)7(8,9)10/h2,5H,1,3-4H2,(H,11,12). The van der Waals surface area contributed by atoms with E-state index in [9.17, 15) is 18.0 Å². The maximum Gasteiger partial charge on any atom is 0.402 e. The molecule has 0 aromatic heterocycles. The normalized spacial score (nSPS) is 13.9. The van der Waals surface area contributed by atoms with Gasteiger partial charge in [-0.15, -0.1) is 6.58 Å². The summed E-state index contributed by atoms with van der Waals surface area (Å²) in [5.74, 6) is -4.10. The molecule has 1 N–H and O–H groups in total. The zero-order chi connectivity index (χ0) is 9.78. The summed E-state index contributed by atoms with van der Waals surface area (Å²) < 4.78 is 35.6. The van der Waals surface area contributed by atoms with Gasteiger partial charge in [0.15, 0.2) is 5.92 Å². The van der Waals surface area contributed by atoms with Crippen molar-refractivity contribution in [2.24, 2.45) is 5.92 Å². The molecule has 0 saturated heterocycles. The second-order valence-corrected chi connectivity index (χ2v) is 2.30. The van der Waals surface area contributed by atoms with Gasteiger partial charge in [-0.3, -0.25) is 4.79 Å². The van der Waals surface area contributed by atoms with Crippen LogP contribution in [0, 0.1) is 5.92 Å². The SMILES string of the molecule is C=CCCC(C(=O)O)C(F)(F)F. The van der Waals surface area contributed by atoms with Gasteiger partial charge in [-0.25, -0.2) is 0 Å². The average molecular weight is 182 g/mol. The van der Waals surface area contributed by atoms with E-state index in [0.717, 1.165) is 0 Å². The Morgan fingerprint density at radius 3 is 2.33 bits per heavy atom. The van der Waals surface area contributed by atoms with Gasteiger partial charge in [0, 0.05) is 0 Å². The third-order valence-corrected chi connectivity index (χ3v) is 1.35. The summed E-state index contributed by atoms with van der Waals surface area (Å²) in [6, 6.07) is 0. The lowest BCUT2D eigenvalue weighted by Gasteiger charge is -2.14. The molecule has 5 heteroatoms. The van der Waals surface area contributed by atoms with Gasteiger partial charge in [0.05, 0.1) is 0 Å². The van der Waals surface area contributed by atoms with Gasteiger partial charge in [-0.1, -0.05) is 6.08 Å². The fraction of sp³-hybridized carbons (Fsp3) is 0.571. The molecule has 0 amide bonds. The quantitative estimate of drug-likeness (QED) is 0.677. The highest BCUT2D eigenvalue weighted by Crippen LogP contribution is 2.29. The molecule has 0 saturated carbocycles. The summed E-state index contributed by atoms with van der Waals surface area (Å²) in [5.41, 5.74) is 0. The highest BCUT2D eigenvalue weighted by atomic mass is 19.4. The molecule has 0 aliphatic heterocycles. The van der Waals surface area contributed by atoms with Crippen molar-refractivity contribution in [3.63, 3.8) is 0 Å². The first kappa shape index (κ1) is 11.0. The van der Waals surface area contributed by atoms with Crippen molar-refractivity contribution in [1.29, 1.82) is 0 Å². The van der Waals surface area contributed by atoms with Gasteiger partial charge >= 0.3 is 12.1 Å². The van der Waals surface area contributed by atoms with Crippen LogP contribution in [0.15, 0.2) is 12.7 Å². The van der Waals surface area contributed by atoms with Crippen molar-refractivity contribution in [2.45, 2.75) is 19.0 Å². The van der Waals surface area contributed by atoms with E-state index in [0.29, 0.717) is 0 Å². The van der Waals surface area contributed by atoms with Crippen LogP contribution in [-0.4, -0.2) is 17.3 Å². The lowest BCUT2D eigenvalue weighted by molar-refractivity contribution is -0.194. The molecule has 1 atom stereocenters. The fourth-order valence-electron chi connectivity index (χ4n) is 0.712. The largest absolute Gasteiger partial charge is 0.481 e. The number of halogens is 3. The molecule has 0 heterocycles. The van der Waals surface area contributed by atoms with Crippen LogP contribution in [0.3, 0.4) is 0 Å². The van der Waals surface area contributed by atoms with Crippen molar-refractivity contribution >= 4 is 5.97 Å². The summed E-state index contributed by atoms with van der Waals surface area (Å²) in [4.78, 5) is 10.1. The summed E-state index contributed by atoms with van der Waals surface area (Å²) in [7, 11) is 0. The number of aliphatic carboxylic acids is 1. The molecule has 0 aromatic carbocycles. The lowest BCUT2D eigenvalue weighted by Crippen LogP contribution is -2.30. The van der Waals surface area contributed by atoms with Crippen molar-refractivity contribution in [3.8, 4) is 0 Å². The maximum absolute atomic E-state index is 11.9. The van der Waals surface area contributed by atoms with Gasteiger partial charge in [0.25, 0.3) is 0 Å². The molecule has 0 spiro atoms. The van der Waals surface area contributed by atoms with Gasteiger partial charge < -0.3 is 5.11 Å². The number of carboxylic acids is 1. The van der Waals surface area contributed by atoms with Crippen molar-refractivity contribution in [1.82, 2.24) is 0 Å². The number of hydrogen-bond acceptors (Lipinski definition) is 1. The number of hydrogen-bond donors (Lipinski definition) is 1. The predicted molar refractivity (Wildman–Crippen MR) is 36.6 cm³/mol. The first-order valence-electron chi connectivity index (χ1n) is 3.30. The first-order chi connectivity index (χ1) is 5.39. The Hall–Kier alpha value is -1.00. The van der Waals surface area contributed by atoms with E-state index in [4.69, 9.17) is 5.11 Å². The molecule has 12 heavy (non-hydrogen) atoms. The second-order valence-electron chi connectivity index (χ2n) is 2.30.